The molecule has 16 heavy (non-hydrogen) atoms. The highest BCUT2D eigenvalue weighted by molar-refractivity contribution is 9.10. The van der Waals surface area contributed by atoms with Crippen molar-refractivity contribution in [2.24, 2.45) is 5.92 Å². The molecule has 2 heterocycles. The van der Waals surface area contributed by atoms with Crippen LogP contribution in [0.4, 0.5) is 0 Å². The number of nitrogens with zero attached hydrogens (tertiary/aromatic N) is 2. The molecule has 0 bridgehead atoms. The predicted molar refractivity (Wildman–Crippen MR) is 64.6 cm³/mol. The lowest BCUT2D eigenvalue weighted by molar-refractivity contribution is 0.642. The van der Waals surface area contributed by atoms with E-state index in [-0.39, 0.29) is 5.56 Å². The van der Waals surface area contributed by atoms with Gasteiger partial charge in [-0.2, -0.15) is 0 Å². The van der Waals surface area contributed by atoms with Crippen LogP contribution in [0.2, 0.25) is 0 Å². The topological polar surface area (TPSA) is 34.9 Å². The Bertz CT molecular complexity index is 677. The first-order valence-corrected chi connectivity index (χ1v) is 6.23. The number of rotatable bonds is 0. The van der Waals surface area contributed by atoms with Crippen molar-refractivity contribution in [1.29, 1.82) is 0 Å². The number of aromatic nitrogens is 2. The van der Waals surface area contributed by atoms with Crippen molar-refractivity contribution >= 4 is 26.8 Å². The third-order valence-electron chi connectivity index (χ3n) is 3.62. The summed E-state index contributed by atoms with van der Waals surface area (Å²) in [6.45, 7) is 0.873. The maximum absolute atomic E-state index is 12.2. The molecule has 1 aliphatic carbocycles. The lowest BCUT2D eigenvalue weighted by atomic mass is 10.2. The van der Waals surface area contributed by atoms with Crippen molar-refractivity contribution in [3.05, 3.63) is 38.9 Å². The summed E-state index contributed by atoms with van der Waals surface area (Å²) >= 11 is 3.41. The van der Waals surface area contributed by atoms with Crippen molar-refractivity contribution in [2.75, 3.05) is 0 Å². The third-order valence-corrected chi connectivity index (χ3v) is 4.11. The molecule has 1 saturated carbocycles. The summed E-state index contributed by atoms with van der Waals surface area (Å²) in [5, 5.41) is 0.730. The number of halogens is 1. The zero-order chi connectivity index (χ0) is 10.9. The van der Waals surface area contributed by atoms with E-state index in [0.29, 0.717) is 11.8 Å². The van der Waals surface area contributed by atoms with Gasteiger partial charge in [0, 0.05) is 16.9 Å². The van der Waals surface area contributed by atoms with E-state index in [0.717, 1.165) is 27.7 Å². The quantitative estimate of drug-likeness (QED) is 0.740. The Morgan fingerprint density at radius 3 is 3.19 bits per heavy atom. The largest absolute Gasteiger partial charge is 0.296 e. The van der Waals surface area contributed by atoms with Gasteiger partial charge in [0.05, 0.1) is 10.9 Å². The van der Waals surface area contributed by atoms with Gasteiger partial charge in [-0.1, -0.05) is 15.9 Å². The average Bonchev–Trinajstić information content (AvgIpc) is 2.94. The fraction of sp³-hybridized carbons (Fsp3) is 0.333. The van der Waals surface area contributed by atoms with Gasteiger partial charge in [0.15, 0.2) is 0 Å². The predicted octanol–water partition coefficient (Wildman–Crippen LogP) is 2.28. The molecular formula is C12H9BrN2O. The van der Waals surface area contributed by atoms with Crippen LogP contribution >= 0.6 is 15.9 Å². The Morgan fingerprint density at radius 2 is 2.31 bits per heavy atom. The second-order valence-corrected chi connectivity index (χ2v) is 5.57. The van der Waals surface area contributed by atoms with Crippen LogP contribution in [0, 0.1) is 5.92 Å². The summed E-state index contributed by atoms with van der Waals surface area (Å²) in [6.07, 6.45) is 1.21. The first-order chi connectivity index (χ1) is 7.74. The van der Waals surface area contributed by atoms with Crippen LogP contribution in [0.25, 0.3) is 10.9 Å². The van der Waals surface area contributed by atoms with Crippen LogP contribution in [0.3, 0.4) is 0 Å². The van der Waals surface area contributed by atoms with Gasteiger partial charge in [0.25, 0.3) is 5.56 Å². The molecule has 3 nitrogen and oxygen atoms in total. The molecule has 0 spiro atoms. The molecule has 80 valence electrons. The molecule has 1 fully saturated rings. The van der Waals surface area contributed by atoms with Crippen molar-refractivity contribution < 1.29 is 0 Å². The lowest BCUT2D eigenvalue weighted by Gasteiger charge is -2.07. The van der Waals surface area contributed by atoms with Crippen molar-refractivity contribution in [1.82, 2.24) is 9.55 Å². The third kappa shape index (κ3) is 1.03. The molecule has 2 aromatic rings. The van der Waals surface area contributed by atoms with Crippen LogP contribution in [0.1, 0.15) is 18.2 Å². The molecule has 0 saturated heterocycles. The summed E-state index contributed by atoms with van der Waals surface area (Å²) in [7, 11) is 0. The highest BCUT2D eigenvalue weighted by Crippen LogP contribution is 2.52. The Kier molecular flexibility index (Phi) is 1.53. The van der Waals surface area contributed by atoms with Gasteiger partial charge in [-0.15, -0.1) is 0 Å². The zero-order valence-electron chi connectivity index (χ0n) is 8.48. The van der Waals surface area contributed by atoms with Gasteiger partial charge in [-0.3, -0.25) is 9.36 Å². The van der Waals surface area contributed by atoms with Gasteiger partial charge in [0.2, 0.25) is 0 Å². The Morgan fingerprint density at radius 1 is 1.44 bits per heavy atom. The smallest absolute Gasteiger partial charge is 0.261 e. The SMILES string of the molecule is O=c1c2ccc(Br)cc2nc2n1C[C@@H]1C[C@@H]21. The molecular weight excluding hydrogens is 268 g/mol. The van der Waals surface area contributed by atoms with Gasteiger partial charge in [-0.05, 0) is 30.5 Å². The molecule has 0 N–H and O–H groups in total. The molecule has 0 amide bonds. The number of benzene rings is 1. The molecule has 0 radical (unpaired) electrons. The molecule has 0 unspecified atom stereocenters. The molecule has 2 aliphatic rings. The highest BCUT2D eigenvalue weighted by Gasteiger charge is 2.47. The van der Waals surface area contributed by atoms with E-state index < -0.39 is 0 Å². The van der Waals surface area contributed by atoms with Crippen LogP contribution < -0.4 is 5.56 Å². The van der Waals surface area contributed by atoms with Gasteiger partial charge in [0.1, 0.15) is 5.82 Å². The highest BCUT2D eigenvalue weighted by atomic mass is 79.9. The van der Waals surface area contributed by atoms with Crippen molar-refractivity contribution in [2.45, 2.75) is 18.9 Å². The molecule has 1 aliphatic heterocycles. The molecule has 4 heteroatoms. The minimum Gasteiger partial charge on any atom is -0.296 e. The van der Waals surface area contributed by atoms with E-state index in [4.69, 9.17) is 0 Å². The molecule has 4 rings (SSSR count). The minimum absolute atomic E-state index is 0.125. The molecule has 1 aromatic heterocycles. The fourth-order valence-corrected chi connectivity index (χ4v) is 3.02. The van der Waals surface area contributed by atoms with E-state index in [2.05, 4.69) is 20.9 Å². The minimum atomic E-state index is 0.125. The van der Waals surface area contributed by atoms with Crippen LogP contribution in [0.5, 0.6) is 0 Å². The average molecular weight is 277 g/mol. The second-order valence-electron chi connectivity index (χ2n) is 4.65. The standard InChI is InChI=1S/C12H9BrN2O/c13-7-1-2-8-10(4-7)14-11-9-3-6(9)5-15(11)12(8)16/h1-2,4,6,9H,3,5H2/t6-,9+/m0/s1. The van der Waals surface area contributed by atoms with Crippen molar-refractivity contribution in [3.8, 4) is 0 Å². The van der Waals surface area contributed by atoms with Gasteiger partial charge >= 0.3 is 0 Å². The summed E-state index contributed by atoms with van der Waals surface area (Å²) < 4.78 is 2.83. The summed E-state index contributed by atoms with van der Waals surface area (Å²) in [5.41, 5.74) is 0.942. The van der Waals surface area contributed by atoms with Crippen LogP contribution in [-0.2, 0) is 6.54 Å². The molecule has 2 atom stereocenters. The summed E-state index contributed by atoms with van der Waals surface area (Å²) in [4.78, 5) is 16.8. The van der Waals surface area contributed by atoms with Crippen molar-refractivity contribution in [3.63, 3.8) is 0 Å². The Labute approximate surface area is 100 Å². The van der Waals surface area contributed by atoms with Gasteiger partial charge < -0.3 is 0 Å². The number of hydrogen-bond donors (Lipinski definition) is 0. The zero-order valence-corrected chi connectivity index (χ0v) is 10.1. The van der Waals surface area contributed by atoms with E-state index >= 15 is 0 Å². The normalized spacial score (nSPS) is 25.6. The first kappa shape index (κ1) is 8.93. The van der Waals surface area contributed by atoms with E-state index in [1.54, 1.807) is 0 Å². The number of hydrogen-bond acceptors (Lipinski definition) is 2. The summed E-state index contributed by atoms with van der Waals surface area (Å²) in [5.74, 6) is 2.23. The van der Waals surface area contributed by atoms with E-state index in [1.807, 2.05) is 22.8 Å². The fourth-order valence-electron chi connectivity index (χ4n) is 2.67. The Balaban J connectivity index is 2.14. The van der Waals surface area contributed by atoms with Crippen LogP contribution in [-0.4, -0.2) is 9.55 Å². The summed E-state index contributed by atoms with van der Waals surface area (Å²) in [6, 6.07) is 5.67. The monoisotopic (exact) mass is 276 g/mol. The first-order valence-electron chi connectivity index (χ1n) is 5.44. The molecule has 1 aromatic carbocycles. The van der Waals surface area contributed by atoms with E-state index in [9.17, 15) is 4.79 Å². The Hall–Kier alpha value is -1.16. The van der Waals surface area contributed by atoms with Gasteiger partial charge in [-0.25, -0.2) is 4.98 Å². The maximum Gasteiger partial charge on any atom is 0.261 e. The lowest BCUT2D eigenvalue weighted by Crippen LogP contribution is -2.22. The maximum atomic E-state index is 12.2. The van der Waals surface area contributed by atoms with E-state index in [1.165, 1.54) is 6.42 Å². The van der Waals surface area contributed by atoms with Crippen LogP contribution in [0.15, 0.2) is 27.5 Å². The number of fused-ring (bicyclic) bond motifs is 4. The second kappa shape index (κ2) is 2.74.